The third-order valence-corrected chi connectivity index (χ3v) is 6.80. The van der Waals surface area contributed by atoms with E-state index < -0.39 is 0 Å². The molecule has 0 aliphatic heterocycles. The Hall–Kier alpha value is -3.68. The molecular formula is C27H31N5O3. The van der Waals surface area contributed by atoms with E-state index in [1.165, 1.54) is 6.33 Å². The molecule has 1 fully saturated rings. The fraction of sp³-hybridized carbons (Fsp3) is 0.407. The Labute approximate surface area is 204 Å². The molecule has 8 nitrogen and oxygen atoms in total. The first-order chi connectivity index (χ1) is 17.1. The van der Waals surface area contributed by atoms with Gasteiger partial charge >= 0.3 is 0 Å². The van der Waals surface area contributed by atoms with E-state index in [0.717, 1.165) is 50.7 Å². The number of aromatic nitrogens is 3. The van der Waals surface area contributed by atoms with Gasteiger partial charge in [0.05, 0.1) is 10.9 Å². The zero-order valence-electron chi connectivity index (χ0n) is 19.9. The number of benzene rings is 1. The van der Waals surface area contributed by atoms with Crippen LogP contribution in [0.1, 0.15) is 67.8 Å². The number of allylic oxidation sites excluding steroid dienone is 1. The normalized spacial score (nSPS) is 22.0. The third-order valence-electron chi connectivity index (χ3n) is 6.80. The van der Waals surface area contributed by atoms with E-state index in [2.05, 4.69) is 37.7 Å². The minimum absolute atomic E-state index is 0.0137. The summed E-state index contributed by atoms with van der Waals surface area (Å²) in [5, 5.41) is 7.23. The van der Waals surface area contributed by atoms with Gasteiger partial charge < -0.3 is 20.4 Å². The predicted molar refractivity (Wildman–Crippen MR) is 135 cm³/mol. The Kier molecular flexibility index (Phi) is 6.79. The van der Waals surface area contributed by atoms with Crippen LogP contribution in [0, 0.1) is 0 Å². The molecule has 0 spiro atoms. The molecule has 0 radical (unpaired) electrons. The highest BCUT2D eigenvalue weighted by Gasteiger charge is 2.24. The van der Waals surface area contributed by atoms with Crippen molar-refractivity contribution in [1.29, 1.82) is 0 Å². The van der Waals surface area contributed by atoms with Crippen molar-refractivity contribution in [3.05, 3.63) is 60.1 Å². The number of aromatic amines is 1. The molecule has 1 unspecified atom stereocenters. The van der Waals surface area contributed by atoms with E-state index >= 15 is 0 Å². The summed E-state index contributed by atoms with van der Waals surface area (Å²) in [5.41, 5.74) is 1.75. The maximum atomic E-state index is 13.4. The van der Waals surface area contributed by atoms with Crippen molar-refractivity contribution < 1.29 is 14.3 Å². The summed E-state index contributed by atoms with van der Waals surface area (Å²) in [6.45, 7) is 1.56. The molecule has 1 atom stereocenters. The average molecular weight is 474 g/mol. The summed E-state index contributed by atoms with van der Waals surface area (Å²) in [6.07, 6.45) is 14.5. The molecule has 2 aliphatic rings. The highest BCUT2D eigenvalue weighted by molar-refractivity contribution is 6.18. The van der Waals surface area contributed by atoms with Gasteiger partial charge in [-0.2, -0.15) is 0 Å². The molecule has 8 heteroatoms. The van der Waals surface area contributed by atoms with Gasteiger partial charge in [0.1, 0.15) is 29.6 Å². The Morgan fingerprint density at radius 2 is 1.80 bits per heavy atom. The minimum atomic E-state index is -0.0902. The lowest BCUT2D eigenvalue weighted by Crippen LogP contribution is -2.39. The quantitative estimate of drug-likeness (QED) is 0.343. The van der Waals surface area contributed by atoms with Gasteiger partial charge in [-0.25, -0.2) is 9.97 Å². The van der Waals surface area contributed by atoms with Crippen LogP contribution < -0.4 is 15.4 Å². The highest BCUT2D eigenvalue weighted by atomic mass is 16.5. The summed E-state index contributed by atoms with van der Waals surface area (Å²) in [7, 11) is 0. The number of fused-ring (bicyclic) bond motifs is 1. The molecule has 2 heterocycles. The van der Waals surface area contributed by atoms with Gasteiger partial charge in [-0.1, -0.05) is 6.08 Å². The molecule has 5 rings (SSSR count). The van der Waals surface area contributed by atoms with Crippen LogP contribution in [0.3, 0.4) is 0 Å². The van der Waals surface area contributed by atoms with Gasteiger partial charge in [-0.3, -0.25) is 9.59 Å². The van der Waals surface area contributed by atoms with Gasteiger partial charge in [0.25, 0.3) is 0 Å². The molecule has 1 amide bonds. The maximum Gasteiger partial charge on any atom is 0.217 e. The molecule has 2 aliphatic carbocycles. The lowest BCUT2D eigenvalue weighted by molar-refractivity contribution is -0.119. The number of carbonyl (C=O) groups excluding carboxylic acids is 2. The van der Waals surface area contributed by atoms with Crippen LogP contribution in [-0.4, -0.2) is 44.8 Å². The van der Waals surface area contributed by atoms with Gasteiger partial charge in [0.2, 0.25) is 5.91 Å². The number of amides is 1. The van der Waals surface area contributed by atoms with E-state index in [9.17, 15) is 9.59 Å². The van der Waals surface area contributed by atoms with E-state index in [0.29, 0.717) is 28.0 Å². The second-order valence-corrected chi connectivity index (χ2v) is 9.41. The molecule has 3 aromatic rings. The number of hydrogen-bond donors (Lipinski definition) is 3. The smallest absolute Gasteiger partial charge is 0.217 e. The predicted octanol–water partition coefficient (Wildman–Crippen LogP) is 4.54. The zero-order chi connectivity index (χ0) is 24.2. The second-order valence-electron chi connectivity index (χ2n) is 9.41. The van der Waals surface area contributed by atoms with Gasteiger partial charge in [-0.15, -0.1) is 0 Å². The number of carbonyl (C=O) groups is 2. The Morgan fingerprint density at radius 1 is 1.03 bits per heavy atom. The van der Waals surface area contributed by atoms with Crippen molar-refractivity contribution in [1.82, 2.24) is 20.3 Å². The fourth-order valence-corrected chi connectivity index (χ4v) is 5.01. The van der Waals surface area contributed by atoms with E-state index in [1.807, 2.05) is 24.3 Å². The van der Waals surface area contributed by atoms with E-state index in [1.54, 1.807) is 13.1 Å². The van der Waals surface area contributed by atoms with Crippen molar-refractivity contribution in [3.63, 3.8) is 0 Å². The summed E-state index contributed by atoms with van der Waals surface area (Å²) >= 11 is 0. The van der Waals surface area contributed by atoms with Crippen LogP contribution in [0.15, 0.2) is 48.9 Å². The highest BCUT2D eigenvalue weighted by Crippen LogP contribution is 2.29. The lowest BCUT2D eigenvalue weighted by atomic mass is 9.91. The van der Waals surface area contributed by atoms with E-state index in [-0.39, 0.29) is 29.9 Å². The molecule has 1 saturated carbocycles. The summed E-state index contributed by atoms with van der Waals surface area (Å²) < 4.78 is 6.03. The molecule has 0 bridgehead atoms. The summed E-state index contributed by atoms with van der Waals surface area (Å²) in [5.74, 6) is 1.34. The number of H-pyrrole nitrogens is 1. The van der Waals surface area contributed by atoms with Crippen LogP contribution >= 0.6 is 0 Å². The number of hydrogen-bond acceptors (Lipinski definition) is 6. The largest absolute Gasteiger partial charge is 0.486 e. The fourth-order valence-electron chi connectivity index (χ4n) is 5.01. The Balaban J connectivity index is 1.31. The number of ether oxygens (including phenoxy) is 1. The Bertz CT molecular complexity index is 1230. The lowest BCUT2D eigenvalue weighted by Gasteiger charge is -2.29. The van der Waals surface area contributed by atoms with Crippen molar-refractivity contribution in [2.45, 2.75) is 70.1 Å². The standard InChI is InChI=1S/C27H31N5O3/c1-17(33)31-19-9-11-20(12-10-19)32-27-24-23(15-28-26(24)29-16-30-27)25(34)18-7-13-22(14-8-18)35-21-5-3-2-4-6-21/h3,5,7-8,13-16,19-21H,2,4,6,9-12H2,1H3,(H,31,33)(H2,28,29,30,32)/t19-,20+,21?. The maximum absolute atomic E-state index is 13.4. The number of nitrogens with one attached hydrogen (secondary N) is 3. The van der Waals surface area contributed by atoms with Crippen molar-refractivity contribution >= 4 is 28.5 Å². The van der Waals surface area contributed by atoms with Crippen LogP contribution in [0.4, 0.5) is 5.82 Å². The summed E-state index contributed by atoms with van der Waals surface area (Å²) in [4.78, 5) is 36.7. The van der Waals surface area contributed by atoms with Crippen LogP contribution in [0.25, 0.3) is 11.0 Å². The van der Waals surface area contributed by atoms with E-state index in [4.69, 9.17) is 4.74 Å². The molecule has 0 saturated heterocycles. The topological polar surface area (TPSA) is 109 Å². The first kappa shape index (κ1) is 23.1. The SMILES string of the molecule is CC(=O)N[C@H]1CC[C@@H](Nc2ncnc3[nH]cc(C(=O)c4ccc(OC5C=CCCC5)cc4)c23)CC1. The number of anilines is 1. The van der Waals surface area contributed by atoms with Gasteiger partial charge in [0.15, 0.2) is 5.78 Å². The molecular weight excluding hydrogens is 442 g/mol. The first-order valence-corrected chi connectivity index (χ1v) is 12.4. The zero-order valence-corrected chi connectivity index (χ0v) is 19.9. The number of ketones is 1. The van der Waals surface area contributed by atoms with Crippen molar-refractivity contribution in [2.75, 3.05) is 5.32 Å². The molecule has 35 heavy (non-hydrogen) atoms. The monoisotopic (exact) mass is 473 g/mol. The molecule has 182 valence electrons. The molecule has 3 N–H and O–H groups in total. The van der Waals surface area contributed by atoms with Crippen LogP contribution in [-0.2, 0) is 4.79 Å². The van der Waals surface area contributed by atoms with Crippen molar-refractivity contribution in [3.8, 4) is 5.75 Å². The second kappa shape index (κ2) is 10.3. The molecule has 2 aromatic heterocycles. The van der Waals surface area contributed by atoms with Crippen LogP contribution in [0.5, 0.6) is 5.75 Å². The van der Waals surface area contributed by atoms with Crippen molar-refractivity contribution in [2.24, 2.45) is 0 Å². The summed E-state index contributed by atoms with van der Waals surface area (Å²) in [6, 6.07) is 7.77. The van der Waals surface area contributed by atoms with Crippen LogP contribution in [0.2, 0.25) is 0 Å². The minimum Gasteiger partial charge on any atom is -0.486 e. The first-order valence-electron chi connectivity index (χ1n) is 12.4. The van der Waals surface area contributed by atoms with Gasteiger partial charge in [0, 0.05) is 30.8 Å². The third kappa shape index (κ3) is 5.37. The average Bonchev–Trinajstić information content (AvgIpc) is 3.31. The number of nitrogens with zero attached hydrogens (tertiary/aromatic N) is 2. The molecule has 1 aromatic carbocycles. The number of rotatable bonds is 7. The van der Waals surface area contributed by atoms with Gasteiger partial charge in [-0.05, 0) is 75.3 Å². The Morgan fingerprint density at radius 3 is 2.51 bits per heavy atom.